The van der Waals surface area contributed by atoms with Crippen LogP contribution in [0, 0.1) is 0 Å². The predicted octanol–water partition coefficient (Wildman–Crippen LogP) is 2.40. The first-order chi connectivity index (χ1) is 12.4. The van der Waals surface area contributed by atoms with Crippen LogP contribution < -0.4 is 14.8 Å². The molecule has 2 N–H and O–H groups in total. The van der Waals surface area contributed by atoms with Crippen molar-refractivity contribution in [3.63, 3.8) is 0 Å². The molecule has 0 aliphatic heterocycles. The van der Waals surface area contributed by atoms with Crippen molar-refractivity contribution in [3.05, 3.63) is 60.3 Å². The molecule has 7 nitrogen and oxygen atoms in total. The fraction of sp³-hybridized carbons (Fsp3) is 0.111. The van der Waals surface area contributed by atoms with Crippen LogP contribution in [0.25, 0.3) is 10.9 Å². The predicted molar refractivity (Wildman–Crippen MR) is 98.9 cm³/mol. The number of fused-ring (bicyclic) bond motifs is 1. The fourth-order valence-electron chi connectivity index (χ4n) is 2.48. The van der Waals surface area contributed by atoms with E-state index in [-0.39, 0.29) is 10.5 Å². The van der Waals surface area contributed by atoms with Crippen LogP contribution in [0.2, 0.25) is 0 Å². The van der Waals surface area contributed by atoms with E-state index in [1.807, 2.05) is 0 Å². The number of sulfonamides is 1. The van der Waals surface area contributed by atoms with Gasteiger partial charge in [0, 0.05) is 17.1 Å². The zero-order chi connectivity index (χ0) is 18.7. The van der Waals surface area contributed by atoms with E-state index in [0.29, 0.717) is 17.0 Å². The number of anilines is 1. The molecule has 3 aromatic rings. The van der Waals surface area contributed by atoms with Crippen molar-refractivity contribution < 1.29 is 17.9 Å². The van der Waals surface area contributed by atoms with Crippen molar-refractivity contribution in [2.24, 2.45) is 0 Å². The monoisotopic (exact) mass is 371 g/mol. The van der Waals surface area contributed by atoms with Crippen LogP contribution >= 0.6 is 0 Å². The summed E-state index contributed by atoms with van der Waals surface area (Å²) in [6.07, 6.45) is 1.59. The van der Waals surface area contributed by atoms with Crippen LogP contribution in [0.5, 0.6) is 5.75 Å². The van der Waals surface area contributed by atoms with Gasteiger partial charge in [-0.2, -0.15) is 0 Å². The second-order valence-corrected chi connectivity index (χ2v) is 7.32. The molecule has 134 valence electrons. The molecule has 0 spiro atoms. The quantitative estimate of drug-likeness (QED) is 0.718. The summed E-state index contributed by atoms with van der Waals surface area (Å²) in [6.45, 7) is 0. The minimum atomic E-state index is -3.63. The standard InChI is InChI=1S/C18H17N3O4S/c1-19-26(23,24)14-5-3-4-12(10-14)18(22)21-17-8-9-20-16-7-6-13(25-2)11-15(16)17/h3-11,19H,1-2H3,(H,20,21,22). The lowest BCUT2D eigenvalue weighted by molar-refractivity contribution is 0.102. The molecular weight excluding hydrogens is 354 g/mol. The first-order valence-electron chi connectivity index (χ1n) is 7.72. The Kier molecular flexibility index (Phi) is 4.88. The molecule has 1 heterocycles. The zero-order valence-electron chi connectivity index (χ0n) is 14.2. The number of nitrogens with one attached hydrogen (secondary N) is 2. The highest BCUT2D eigenvalue weighted by Gasteiger charge is 2.15. The van der Waals surface area contributed by atoms with Crippen LogP contribution in [-0.4, -0.2) is 33.5 Å². The molecule has 0 saturated carbocycles. The highest BCUT2D eigenvalue weighted by atomic mass is 32.2. The van der Waals surface area contributed by atoms with E-state index in [2.05, 4.69) is 15.0 Å². The average Bonchev–Trinajstić information content (AvgIpc) is 2.68. The summed E-state index contributed by atoms with van der Waals surface area (Å²) >= 11 is 0. The van der Waals surface area contributed by atoms with E-state index in [1.54, 1.807) is 43.6 Å². The number of benzene rings is 2. The average molecular weight is 371 g/mol. The second kappa shape index (κ2) is 7.11. The van der Waals surface area contributed by atoms with Crippen molar-refractivity contribution in [2.45, 2.75) is 4.90 Å². The van der Waals surface area contributed by atoms with Crippen molar-refractivity contribution in [1.82, 2.24) is 9.71 Å². The van der Waals surface area contributed by atoms with Crippen molar-refractivity contribution in [3.8, 4) is 5.75 Å². The van der Waals surface area contributed by atoms with Crippen LogP contribution in [0.1, 0.15) is 10.4 Å². The number of aromatic nitrogens is 1. The Labute approximate surface area is 151 Å². The van der Waals surface area contributed by atoms with Crippen LogP contribution in [0.3, 0.4) is 0 Å². The third kappa shape index (κ3) is 3.51. The van der Waals surface area contributed by atoms with Gasteiger partial charge in [-0.25, -0.2) is 13.1 Å². The number of hydrogen-bond acceptors (Lipinski definition) is 5. The number of hydrogen-bond donors (Lipinski definition) is 2. The normalized spacial score (nSPS) is 11.3. The Morgan fingerprint density at radius 3 is 2.65 bits per heavy atom. The van der Waals surface area contributed by atoms with Gasteiger partial charge in [0.2, 0.25) is 10.0 Å². The summed E-state index contributed by atoms with van der Waals surface area (Å²) in [4.78, 5) is 16.9. The third-order valence-corrected chi connectivity index (χ3v) is 5.28. The number of pyridine rings is 1. The Balaban J connectivity index is 1.96. The fourth-order valence-corrected chi connectivity index (χ4v) is 3.25. The van der Waals surface area contributed by atoms with Crippen molar-refractivity contribution in [1.29, 1.82) is 0 Å². The molecule has 3 rings (SSSR count). The number of ether oxygens (including phenoxy) is 1. The molecular formula is C18H17N3O4S. The maximum atomic E-state index is 12.6. The molecule has 1 amide bonds. The molecule has 0 saturated heterocycles. The smallest absolute Gasteiger partial charge is 0.255 e. The van der Waals surface area contributed by atoms with Gasteiger partial charge in [-0.05, 0) is 49.5 Å². The first kappa shape index (κ1) is 17.8. The maximum absolute atomic E-state index is 12.6. The van der Waals surface area contributed by atoms with E-state index in [9.17, 15) is 13.2 Å². The van der Waals surface area contributed by atoms with Crippen molar-refractivity contribution >= 4 is 32.5 Å². The molecule has 0 fully saturated rings. The van der Waals surface area contributed by atoms with Gasteiger partial charge >= 0.3 is 0 Å². The van der Waals surface area contributed by atoms with E-state index in [4.69, 9.17) is 4.74 Å². The molecule has 0 unspecified atom stereocenters. The number of methoxy groups -OCH3 is 1. The van der Waals surface area contributed by atoms with Crippen LogP contribution in [-0.2, 0) is 10.0 Å². The zero-order valence-corrected chi connectivity index (χ0v) is 15.0. The molecule has 2 aromatic carbocycles. The van der Waals surface area contributed by atoms with E-state index >= 15 is 0 Å². The Hall–Kier alpha value is -2.97. The third-order valence-electron chi connectivity index (χ3n) is 3.87. The molecule has 0 bridgehead atoms. The van der Waals surface area contributed by atoms with Gasteiger partial charge in [0.1, 0.15) is 5.75 Å². The largest absolute Gasteiger partial charge is 0.497 e. The Morgan fingerprint density at radius 2 is 1.92 bits per heavy atom. The Bertz CT molecular complexity index is 1080. The summed E-state index contributed by atoms with van der Waals surface area (Å²) < 4.78 is 31.3. The first-order valence-corrected chi connectivity index (χ1v) is 9.20. The number of carbonyl (C=O) groups is 1. The van der Waals surface area contributed by atoms with Crippen LogP contribution in [0.4, 0.5) is 5.69 Å². The van der Waals surface area contributed by atoms with E-state index in [0.717, 1.165) is 5.39 Å². The lowest BCUT2D eigenvalue weighted by Crippen LogP contribution is -2.19. The summed E-state index contributed by atoms with van der Waals surface area (Å²) in [7, 11) is -0.750. The Morgan fingerprint density at radius 1 is 1.12 bits per heavy atom. The lowest BCUT2D eigenvalue weighted by atomic mass is 10.1. The number of nitrogens with zero attached hydrogens (tertiary/aromatic N) is 1. The molecule has 1 aromatic heterocycles. The number of carbonyl (C=O) groups excluding carboxylic acids is 1. The summed E-state index contributed by atoms with van der Waals surface area (Å²) in [5.74, 6) is 0.219. The number of rotatable bonds is 5. The lowest BCUT2D eigenvalue weighted by Gasteiger charge is -2.10. The highest BCUT2D eigenvalue weighted by molar-refractivity contribution is 7.89. The van der Waals surface area contributed by atoms with Crippen LogP contribution in [0.15, 0.2) is 59.6 Å². The second-order valence-electron chi connectivity index (χ2n) is 5.43. The molecule has 26 heavy (non-hydrogen) atoms. The van der Waals surface area contributed by atoms with Gasteiger partial charge in [0.05, 0.1) is 23.2 Å². The van der Waals surface area contributed by atoms with Gasteiger partial charge in [-0.3, -0.25) is 9.78 Å². The van der Waals surface area contributed by atoms with Gasteiger partial charge in [-0.1, -0.05) is 6.07 Å². The molecule has 0 aliphatic carbocycles. The van der Waals surface area contributed by atoms with Gasteiger partial charge < -0.3 is 10.1 Å². The minimum absolute atomic E-state index is 0.0221. The van der Waals surface area contributed by atoms with E-state index < -0.39 is 15.9 Å². The summed E-state index contributed by atoms with van der Waals surface area (Å²) in [6, 6.07) is 12.9. The molecule has 8 heteroatoms. The van der Waals surface area contributed by atoms with Gasteiger partial charge in [0.15, 0.2) is 0 Å². The summed E-state index contributed by atoms with van der Waals surface area (Å²) in [5.41, 5.74) is 1.49. The SMILES string of the molecule is CNS(=O)(=O)c1cccc(C(=O)Nc2ccnc3ccc(OC)cc23)c1. The van der Waals surface area contributed by atoms with Crippen molar-refractivity contribution in [2.75, 3.05) is 19.5 Å². The van der Waals surface area contributed by atoms with Gasteiger partial charge in [0.25, 0.3) is 5.91 Å². The molecule has 0 atom stereocenters. The summed E-state index contributed by atoms with van der Waals surface area (Å²) in [5, 5.41) is 3.52. The molecule has 0 radical (unpaired) electrons. The molecule has 0 aliphatic rings. The minimum Gasteiger partial charge on any atom is -0.497 e. The van der Waals surface area contributed by atoms with Gasteiger partial charge in [-0.15, -0.1) is 0 Å². The maximum Gasteiger partial charge on any atom is 0.255 e. The van der Waals surface area contributed by atoms with E-state index in [1.165, 1.54) is 25.2 Å². The number of amides is 1. The topological polar surface area (TPSA) is 97.4 Å². The highest BCUT2D eigenvalue weighted by Crippen LogP contribution is 2.26.